The number of hydrogen-bond donors (Lipinski definition) is 3. The maximum absolute atomic E-state index is 14.9. The van der Waals surface area contributed by atoms with Crippen LogP contribution in [0.25, 0.3) is 11.0 Å². The van der Waals surface area contributed by atoms with E-state index in [1.54, 1.807) is 13.1 Å². The number of aromatic nitrogens is 1. The van der Waals surface area contributed by atoms with Gasteiger partial charge in [-0.3, -0.25) is 9.59 Å². The molecular weight excluding hydrogens is 450 g/mol. The topological polar surface area (TPSA) is 115 Å². The molecule has 2 aromatic heterocycles. The summed E-state index contributed by atoms with van der Waals surface area (Å²) in [5.74, 6) is -4.15. The Balaban J connectivity index is 1.69. The van der Waals surface area contributed by atoms with Gasteiger partial charge in [0, 0.05) is 24.5 Å². The summed E-state index contributed by atoms with van der Waals surface area (Å²) in [5.41, 5.74) is -0.392. The van der Waals surface area contributed by atoms with Crippen molar-refractivity contribution >= 4 is 34.2 Å². The highest BCUT2D eigenvalue weighted by Crippen LogP contribution is 2.38. The molecule has 34 heavy (non-hydrogen) atoms. The highest BCUT2D eigenvalue weighted by molar-refractivity contribution is 6.15. The molecule has 4 rings (SSSR count). The van der Waals surface area contributed by atoms with E-state index in [0.717, 1.165) is 6.07 Å². The largest absolute Gasteiger partial charge is 0.494 e. The molecule has 0 spiro atoms. The van der Waals surface area contributed by atoms with Crippen LogP contribution < -0.4 is 25.4 Å². The minimum Gasteiger partial charge on any atom is -0.494 e. The Kier molecular flexibility index (Phi) is 6.10. The second-order valence-corrected chi connectivity index (χ2v) is 7.54. The van der Waals surface area contributed by atoms with Crippen molar-refractivity contribution in [2.24, 2.45) is 0 Å². The normalized spacial score (nSPS) is 16.6. The number of amides is 1. The number of nitrogens with one attached hydrogen (secondary N) is 3. The Morgan fingerprint density at radius 2 is 1.85 bits per heavy atom. The van der Waals surface area contributed by atoms with E-state index >= 15 is 0 Å². The van der Waals surface area contributed by atoms with Crippen molar-refractivity contribution in [1.82, 2.24) is 10.3 Å². The van der Waals surface area contributed by atoms with E-state index in [2.05, 4.69) is 27.5 Å². The summed E-state index contributed by atoms with van der Waals surface area (Å²) >= 11 is 0. The Hall–Kier alpha value is -4.15. The van der Waals surface area contributed by atoms with Crippen molar-refractivity contribution in [2.45, 2.75) is 18.5 Å². The third-order valence-electron chi connectivity index (χ3n) is 5.47. The van der Waals surface area contributed by atoms with Gasteiger partial charge in [-0.25, -0.2) is 13.8 Å². The molecule has 1 aliphatic rings. The summed E-state index contributed by atoms with van der Waals surface area (Å²) in [5, 5.41) is 9.31. The first kappa shape index (κ1) is 23.0. The molecule has 3 N–H and O–H groups in total. The van der Waals surface area contributed by atoms with Crippen molar-refractivity contribution in [3.8, 4) is 11.5 Å². The number of carbonyl (C=O) groups is 2. The molecule has 11 heteroatoms. The number of hydrogen-bond acceptors (Lipinski definition) is 8. The first-order valence-electron chi connectivity index (χ1n) is 10.3. The predicted molar refractivity (Wildman–Crippen MR) is 121 cm³/mol. The number of nitrogens with zero attached hydrogens (tertiary/aromatic N) is 1. The zero-order valence-corrected chi connectivity index (χ0v) is 18.6. The van der Waals surface area contributed by atoms with E-state index < -0.39 is 23.0 Å². The first-order chi connectivity index (χ1) is 16.3. The molecule has 1 aromatic carbocycles. The fourth-order valence-electron chi connectivity index (χ4n) is 3.63. The number of halogens is 2. The molecule has 1 fully saturated rings. The van der Waals surface area contributed by atoms with Crippen LogP contribution in [-0.2, 0) is 4.79 Å². The van der Waals surface area contributed by atoms with E-state index in [1.807, 2.05) is 0 Å². The molecule has 178 valence electrons. The smallest absolute Gasteiger partial charge is 0.243 e. The predicted octanol–water partition coefficient (Wildman–Crippen LogP) is 3.25. The van der Waals surface area contributed by atoms with Crippen molar-refractivity contribution in [2.75, 3.05) is 31.9 Å². The van der Waals surface area contributed by atoms with Gasteiger partial charge in [0.05, 0.1) is 32.1 Å². The number of benzene rings is 1. The molecule has 9 nitrogen and oxygen atoms in total. The Morgan fingerprint density at radius 3 is 2.44 bits per heavy atom. The lowest BCUT2D eigenvalue weighted by Gasteiger charge is -2.11. The van der Waals surface area contributed by atoms with Crippen molar-refractivity contribution in [1.29, 1.82) is 0 Å². The summed E-state index contributed by atoms with van der Waals surface area (Å²) in [4.78, 5) is 28.9. The number of ketones is 1. The number of ether oxygens (including phenoxy) is 2. The fourth-order valence-corrected chi connectivity index (χ4v) is 3.63. The highest BCUT2D eigenvalue weighted by Gasteiger charge is 2.38. The van der Waals surface area contributed by atoms with Crippen LogP contribution >= 0.6 is 0 Å². The van der Waals surface area contributed by atoms with E-state index in [4.69, 9.17) is 13.9 Å². The van der Waals surface area contributed by atoms with Crippen LogP contribution in [0.2, 0.25) is 0 Å². The van der Waals surface area contributed by atoms with E-state index in [1.165, 1.54) is 26.5 Å². The Morgan fingerprint density at radius 1 is 1.18 bits per heavy atom. The maximum Gasteiger partial charge on any atom is 0.243 e. The van der Waals surface area contributed by atoms with Gasteiger partial charge in [0.15, 0.2) is 34.5 Å². The summed E-state index contributed by atoms with van der Waals surface area (Å²) in [6, 6.07) is 2.59. The highest BCUT2D eigenvalue weighted by atomic mass is 19.1. The first-order valence-corrected chi connectivity index (χ1v) is 10.3. The Labute approximate surface area is 193 Å². The second-order valence-electron chi connectivity index (χ2n) is 7.54. The van der Waals surface area contributed by atoms with Gasteiger partial charge in [0.2, 0.25) is 11.7 Å². The lowest BCUT2D eigenvalue weighted by molar-refractivity contribution is -0.116. The molecule has 1 amide bonds. The van der Waals surface area contributed by atoms with Crippen LogP contribution in [0.15, 0.2) is 35.4 Å². The third kappa shape index (κ3) is 4.00. The monoisotopic (exact) mass is 472 g/mol. The van der Waals surface area contributed by atoms with Gasteiger partial charge >= 0.3 is 0 Å². The molecule has 0 unspecified atom stereocenters. The molecule has 0 saturated heterocycles. The fraction of sp³-hybridized carbons (Fsp3) is 0.261. The SMILES string of the molecule is C=CC(=O)N[C@@H]1C[C@H]1Nc1cc2c(NC)c(C(=O)c3c(F)c(OC)cc(OC)c3F)oc2cn1. The lowest BCUT2D eigenvalue weighted by atomic mass is 10.0. The minimum absolute atomic E-state index is 0.0210. The number of rotatable bonds is 9. The van der Waals surface area contributed by atoms with Gasteiger partial charge in [-0.2, -0.15) is 0 Å². The van der Waals surface area contributed by atoms with Gasteiger partial charge in [0.1, 0.15) is 11.4 Å². The van der Waals surface area contributed by atoms with Gasteiger partial charge < -0.3 is 29.8 Å². The lowest BCUT2D eigenvalue weighted by Crippen LogP contribution is -2.27. The van der Waals surface area contributed by atoms with Crippen LogP contribution in [0.1, 0.15) is 22.5 Å². The number of carbonyl (C=O) groups excluding carboxylic acids is 2. The molecule has 0 bridgehead atoms. The number of furan rings is 1. The minimum atomic E-state index is -1.17. The molecule has 1 aliphatic carbocycles. The average molecular weight is 472 g/mol. The number of fused-ring (bicyclic) bond motifs is 1. The van der Waals surface area contributed by atoms with Crippen LogP contribution in [0, 0.1) is 11.6 Å². The number of anilines is 2. The maximum atomic E-state index is 14.9. The molecule has 3 aromatic rings. The summed E-state index contributed by atoms with van der Waals surface area (Å²) in [6.07, 6.45) is 3.31. The van der Waals surface area contributed by atoms with Crippen molar-refractivity contribution in [3.05, 3.63) is 53.9 Å². The van der Waals surface area contributed by atoms with E-state index in [0.29, 0.717) is 17.6 Å². The van der Waals surface area contributed by atoms with Gasteiger partial charge in [-0.05, 0) is 18.6 Å². The standard InChI is InChI=1S/C23H22F2N4O5/c1-5-17(30)29-12-7-11(12)28-16-6-10-15(9-27-16)34-23(21(10)26-2)22(31)18-19(24)13(32-3)8-14(33-4)20(18)25/h5-6,8-9,11-12,26H,1,7H2,2-4H3,(H,27,28)(H,29,30)/t11-,12-/m1/s1. The van der Waals surface area contributed by atoms with Crippen LogP contribution in [0.3, 0.4) is 0 Å². The van der Waals surface area contributed by atoms with Crippen LogP contribution in [0.5, 0.6) is 11.5 Å². The molecular formula is C23H22F2N4O5. The summed E-state index contributed by atoms with van der Waals surface area (Å²) in [7, 11) is 3.94. The average Bonchev–Trinajstić information content (AvgIpc) is 3.44. The van der Waals surface area contributed by atoms with E-state index in [-0.39, 0.29) is 46.5 Å². The zero-order valence-electron chi connectivity index (χ0n) is 18.6. The molecule has 2 heterocycles. The van der Waals surface area contributed by atoms with Crippen molar-refractivity contribution in [3.63, 3.8) is 0 Å². The van der Waals surface area contributed by atoms with Gasteiger partial charge in [0.25, 0.3) is 0 Å². The third-order valence-corrected chi connectivity index (χ3v) is 5.47. The second kappa shape index (κ2) is 9.00. The summed E-state index contributed by atoms with van der Waals surface area (Å²) < 4.78 is 45.2. The summed E-state index contributed by atoms with van der Waals surface area (Å²) in [6.45, 7) is 3.42. The Bertz CT molecular complexity index is 1280. The van der Waals surface area contributed by atoms with E-state index in [9.17, 15) is 18.4 Å². The van der Waals surface area contributed by atoms with Crippen molar-refractivity contribution < 1.29 is 32.3 Å². The number of pyridine rings is 1. The number of methoxy groups -OCH3 is 2. The van der Waals surface area contributed by atoms with Gasteiger partial charge in [-0.15, -0.1) is 0 Å². The molecule has 0 radical (unpaired) electrons. The molecule has 0 aliphatic heterocycles. The molecule has 2 atom stereocenters. The van der Waals surface area contributed by atoms with Crippen LogP contribution in [-0.4, -0.2) is 50.0 Å². The molecule has 1 saturated carbocycles. The van der Waals surface area contributed by atoms with Crippen LogP contribution in [0.4, 0.5) is 20.3 Å². The zero-order chi connectivity index (χ0) is 24.6. The quantitative estimate of drug-likeness (QED) is 0.321. The van der Waals surface area contributed by atoms with Gasteiger partial charge in [-0.1, -0.05) is 6.58 Å².